The second-order valence-corrected chi connectivity index (χ2v) is 7.69. The average Bonchev–Trinajstić information content (AvgIpc) is 3.37. The number of hydrogen-bond donors (Lipinski definition) is 3. The standard InChI is InChI=1S/C20H24ClF3N8O/c1-2-3-8-25-17-16(27-19(21)28-17)18(33)26-9-5-10-32-15(29-30-31-32)12-13-6-4-7-14(11-13)20(22,23)24/h4,6-7,11,25H,2-3,5,8-10,12H2,1H3,(H,26,33)(H,27,28). The molecule has 0 spiro atoms. The number of unbranched alkanes of at least 4 members (excludes halogenated alkanes) is 1. The van der Waals surface area contributed by atoms with Crippen molar-refractivity contribution in [3.8, 4) is 0 Å². The molecular formula is C20H24ClF3N8O. The normalized spacial score (nSPS) is 11.5. The van der Waals surface area contributed by atoms with E-state index in [2.05, 4.69) is 43.1 Å². The van der Waals surface area contributed by atoms with Gasteiger partial charge in [0.25, 0.3) is 5.91 Å². The zero-order valence-electron chi connectivity index (χ0n) is 17.9. The van der Waals surface area contributed by atoms with Crippen LogP contribution in [0.15, 0.2) is 24.3 Å². The number of carbonyl (C=O) groups excluding carboxylic acids is 1. The lowest BCUT2D eigenvalue weighted by atomic mass is 10.1. The molecule has 1 amide bonds. The number of hydrogen-bond acceptors (Lipinski definition) is 6. The van der Waals surface area contributed by atoms with E-state index in [4.69, 9.17) is 11.6 Å². The van der Waals surface area contributed by atoms with Crippen molar-refractivity contribution in [2.45, 2.75) is 45.3 Å². The van der Waals surface area contributed by atoms with Crippen molar-refractivity contribution in [2.24, 2.45) is 0 Å². The van der Waals surface area contributed by atoms with Gasteiger partial charge >= 0.3 is 6.18 Å². The maximum atomic E-state index is 12.9. The Morgan fingerprint density at radius 2 is 2.06 bits per heavy atom. The number of rotatable bonds is 11. The highest BCUT2D eigenvalue weighted by Gasteiger charge is 2.30. The molecule has 0 saturated carbocycles. The summed E-state index contributed by atoms with van der Waals surface area (Å²) in [6, 6.07) is 5.05. The van der Waals surface area contributed by atoms with Gasteiger partial charge in [0.05, 0.1) is 5.56 Å². The number of imidazole rings is 1. The van der Waals surface area contributed by atoms with Gasteiger partial charge in [-0.05, 0) is 46.5 Å². The molecule has 0 saturated heterocycles. The number of H-pyrrole nitrogens is 1. The van der Waals surface area contributed by atoms with Crippen LogP contribution in [0.1, 0.15) is 53.6 Å². The predicted octanol–water partition coefficient (Wildman–Crippen LogP) is 3.69. The molecule has 9 nitrogen and oxygen atoms in total. The molecule has 0 bridgehead atoms. The molecule has 1 aromatic carbocycles. The molecular weight excluding hydrogens is 461 g/mol. The Kier molecular flexibility index (Phi) is 8.26. The number of nitrogens with one attached hydrogen (secondary N) is 3. The third kappa shape index (κ3) is 6.91. The summed E-state index contributed by atoms with van der Waals surface area (Å²) >= 11 is 5.90. The van der Waals surface area contributed by atoms with Crippen molar-refractivity contribution < 1.29 is 18.0 Å². The van der Waals surface area contributed by atoms with Gasteiger partial charge in [-0.3, -0.25) is 4.79 Å². The Morgan fingerprint density at radius 3 is 2.82 bits per heavy atom. The number of aromatic amines is 1. The van der Waals surface area contributed by atoms with Crippen LogP contribution in [0.4, 0.5) is 19.0 Å². The lowest BCUT2D eigenvalue weighted by molar-refractivity contribution is -0.137. The van der Waals surface area contributed by atoms with Crippen LogP contribution in [-0.4, -0.2) is 49.2 Å². The van der Waals surface area contributed by atoms with Crippen molar-refractivity contribution in [3.05, 3.63) is 52.2 Å². The second kappa shape index (κ2) is 11.1. The molecule has 0 aliphatic heterocycles. The fourth-order valence-corrected chi connectivity index (χ4v) is 3.28. The summed E-state index contributed by atoms with van der Waals surface area (Å²) in [5.74, 6) is 0.479. The van der Waals surface area contributed by atoms with Gasteiger partial charge in [-0.1, -0.05) is 31.5 Å². The van der Waals surface area contributed by atoms with E-state index in [-0.39, 0.29) is 23.3 Å². The molecule has 0 atom stereocenters. The average molecular weight is 485 g/mol. The van der Waals surface area contributed by atoms with Gasteiger partial charge in [-0.2, -0.15) is 13.2 Å². The summed E-state index contributed by atoms with van der Waals surface area (Å²) < 4.78 is 40.3. The summed E-state index contributed by atoms with van der Waals surface area (Å²) in [5.41, 5.74) is -0.0126. The monoisotopic (exact) mass is 484 g/mol. The topological polar surface area (TPSA) is 113 Å². The lowest BCUT2D eigenvalue weighted by Crippen LogP contribution is -2.27. The Labute approximate surface area is 193 Å². The first-order valence-electron chi connectivity index (χ1n) is 10.5. The van der Waals surface area contributed by atoms with E-state index in [9.17, 15) is 18.0 Å². The molecule has 0 aliphatic rings. The van der Waals surface area contributed by atoms with Gasteiger partial charge in [0.2, 0.25) is 5.28 Å². The fourth-order valence-electron chi connectivity index (χ4n) is 3.10. The molecule has 3 rings (SSSR count). The highest BCUT2D eigenvalue weighted by molar-refractivity contribution is 6.28. The van der Waals surface area contributed by atoms with Crippen LogP contribution in [0.5, 0.6) is 0 Å². The minimum absolute atomic E-state index is 0.118. The number of tetrazole rings is 1. The molecule has 0 unspecified atom stereocenters. The predicted molar refractivity (Wildman–Crippen MR) is 116 cm³/mol. The third-order valence-corrected chi connectivity index (χ3v) is 4.96. The minimum atomic E-state index is -4.41. The Hall–Kier alpha value is -3.15. The smallest absolute Gasteiger partial charge is 0.368 e. The van der Waals surface area contributed by atoms with Crippen LogP contribution < -0.4 is 10.6 Å². The van der Waals surface area contributed by atoms with E-state index in [1.165, 1.54) is 10.7 Å². The van der Waals surface area contributed by atoms with Crippen molar-refractivity contribution in [1.82, 2.24) is 35.5 Å². The van der Waals surface area contributed by atoms with Gasteiger partial charge in [0.15, 0.2) is 11.6 Å². The minimum Gasteiger partial charge on any atom is -0.368 e. The van der Waals surface area contributed by atoms with Gasteiger partial charge < -0.3 is 15.6 Å². The zero-order chi connectivity index (χ0) is 23.8. The van der Waals surface area contributed by atoms with E-state index >= 15 is 0 Å². The molecule has 2 aromatic heterocycles. The molecule has 2 heterocycles. The summed E-state index contributed by atoms with van der Waals surface area (Å²) in [4.78, 5) is 19.3. The third-order valence-electron chi connectivity index (χ3n) is 4.78. The van der Waals surface area contributed by atoms with Crippen molar-refractivity contribution in [2.75, 3.05) is 18.4 Å². The van der Waals surface area contributed by atoms with E-state index in [1.807, 2.05) is 0 Å². The van der Waals surface area contributed by atoms with Crippen LogP contribution in [0, 0.1) is 0 Å². The van der Waals surface area contributed by atoms with E-state index in [0.717, 1.165) is 25.0 Å². The number of amides is 1. The second-order valence-electron chi connectivity index (χ2n) is 7.33. The zero-order valence-corrected chi connectivity index (χ0v) is 18.7. The van der Waals surface area contributed by atoms with E-state index in [1.54, 1.807) is 6.07 Å². The van der Waals surface area contributed by atoms with Crippen LogP contribution in [-0.2, 0) is 19.1 Å². The quantitative estimate of drug-likeness (QED) is 0.358. The van der Waals surface area contributed by atoms with Gasteiger partial charge in [0.1, 0.15) is 5.69 Å². The fraction of sp³-hybridized carbons (Fsp3) is 0.450. The molecule has 178 valence electrons. The Morgan fingerprint density at radius 1 is 1.24 bits per heavy atom. The van der Waals surface area contributed by atoms with Crippen molar-refractivity contribution in [1.29, 1.82) is 0 Å². The first kappa shape index (κ1) is 24.5. The van der Waals surface area contributed by atoms with Crippen molar-refractivity contribution in [3.63, 3.8) is 0 Å². The van der Waals surface area contributed by atoms with Crippen LogP contribution in [0.25, 0.3) is 0 Å². The number of carbonyl (C=O) groups is 1. The number of aromatic nitrogens is 6. The summed E-state index contributed by atoms with van der Waals surface area (Å²) in [5, 5.41) is 17.4. The van der Waals surface area contributed by atoms with E-state index < -0.39 is 11.7 Å². The Bertz CT molecular complexity index is 1070. The van der Waals surface area contributed by atoms with Gasteiger partial charge in [0, 0.05) is 26.1 Å². The first-order chi connectivity index (χ1) is 15.8. The van der Waals surface area contributed by atoms with Gasteiger partial charge in [-0.25, -0.2) is 9.67 Å². The number of anilines is 1. The molecule has 13 heteroatoms. The molecule has 3 aromatic rings. The van der Waals surface area contributed by atoms with Crippen LogP contribution in [0.3, 0.4) is 0 Å². The maximum absolute atomic E-state index is 12.9. The SMILES string of the molecule is CCCCNc1nc(Cl)[nH]c1C(=O)NCCCn1nnnc1Cc1cccc(C(F)(F)F)c1. The molecule has 0 fully saturated rings. The number of halogens is 4. The van der Waals surface area contributed by atoms with Crippen LogP contribution in [0.2, 0.25) is 5.28 Å². The number of benzene rings is 1. The maximum Gasteiger partial charge on any atom is 0.416 e. The molecule has 3 N–H and O–H groups in total. The summed E-state index contributed by atoms with van der Waals surface area (Å²) in [6.45, 7) is 3.44. The summed E-state index contributed by atoms with van der Waals surface area (Å²) in [7, 11) is 0. The molecule has 33 heavy (non-hydrogen) atoms. The highest BCUT2D eigenvalue weighted by Crippen LogP contribution is 2.29. The Balaban J connectivity index is 1.52. The first-order valence-corrected chi connectivity index (χ1v) is 10.8. The summed E-state index contributed by atoms with van der Waals surface area (Å²) in [6.07, 6.45) is -1.82. The van der Waals surface area contributed by atoms with Gasteiger partial charge in [-0.15, -0.1) is 5.10 Å². The van der Waals surface area contributed by atoms with Crippen molar-refractivity contribution >= 4 is 23.3 Å². The molecule has 0 radical (unpaired) electrons. The largest absolute Gasteiger partial charge is 0.416 e. The van der Waals surface area contributed by atoms with E-state index in [0.29, 0.717) is 43.3 Å². The highest BCUT2D eigenvalue weighted by atomic mass is 35.5. The lowest BCUT2D eigenvalue weighted by Gasteiger charge is -2.09. The number of alkyl halides is 3. The van der Waals surface area contributed by atoms with Crippen LogP contribution >= 0.6 is 11.6 Å². The number of aryl methyl sites for hydroxylation is 1. The number of nitrogens with zero attached hydrogens (tertiary/aromatic N) is 5. The molecule has 0 aliphatic carbocycles.